The number of aliphatic hydroxyl groups is 4. The Hall–Kier alpha value is -5.66. The normalized spacial score (nSPS) is 14.6. The summed E-state index contributed by atoms with van der Waals surface area (Å²) in [6.07, 6.45) is 3.61. The van der Waals surface area contributed by atoms with Crippen LogP contribution < -0.4 is 10.1 Å². The van der Waals surface area contributed by atoms with Crippen molar-refractivity contribution in [1.82, 2.24) is 10.3 Å². The van der Waals surface area contributed by atoms with Crippen LogP contribution in [0.15, 0.2) is 78.4 Å². The number of aliphatic hydroxyl groups excluding tert-OH is 4. The number of benzene rings is 3. The minimum Gasteiger partial charge on any atom is -0.508 e. The fourth-order valence-corrected chi connectivity index (χ4v) is 4.18. The number of aromatic amines is 1. The number of ether oxygens (including phenoxy) is 2. The quantitative estimate of drug-likeness (QED) is 0.101. The van der Waals surface area contributed by atoms with E-state index in [1.165, 1.54) is 18.6 Å². The van der Waals surface area contributed by atoms with Crippen molar-refractivity contribution in [2.45, 2.75) is 25.6 Å². The predicted molar refractivity (Wildman–Crippen MR) is 169 cm³/mol. The average molecular weight is 637 g/mol. The number of methoxy groups -OCH3 is 1. The monoisotopic (exact) mass is 636 g/mol. The second-order valence-electron chi connectivity index (χ2n) is 9.98. The molecule has 4 aromatic rings. The van der Waals surface area contributed by atoms with Crippen LogP contribution in [0.3, 0.4) is 0 Å². The largest absolute Gasteiger partial charge is 0.508 e. The van der Waals surface area contributed by atoms with Crippen molar-refractivity contribution in [3.8, 4) is 23.0 Å². The van der Waals surface area contributed by atoms with Gasteiger partial charge in [0, 0.05) is 36.6 Å². The molecule has 0 aliphatic carbocycles. The van der Waals surface area contributed by atoms with Crippen LogP contribution in [0.2, 0.25) is 0 Å². The number of hydrogen-bond donors (Lipinski definition) is 9. The van der Waals surface area contributed by atoms with E-state index in [4.69, 9.17) is 30.3 Å². The Bertz CT molecular complexity index is 1670. The van der Waals surface area contributed by atoms with Gasteiger partial charge in [0.05, 0.1) is 13.7 Å². The molecular formula is C33H36N2O11. The topological polar surface area (TPSA) is 222 Å². The highest BCUT2D eigenvalue weighted by molar-refractivity contribution is 5.89. The number of phenolic OH excluding ortho intramolecular Hbond substituents is 3. The third-order valence-electron chi connectivity index (χ3n) is 6.51. The fourth-order valence-electron chi connectivity index (χ4n) is 4.18. The zero-order valence-corrected chi connectivity index (χ0v) is 25.0. The Morgan fingerprint density at radius 2 is 1.61 bits per heavy atom. The molecule has 1 aromatic heterocycles. The SMILES string of the molecule is COc1ccc2[nH]cc(CCNC(C)=O)c2c1.O=C1O[C@H]([C@@H](O)CO)C(O)=C1O.Oc1ccc(/C=C/c2cc(O)cc(O)c2)cc1. The van der Waals surface area contributed by atoms with Crippen LogP contribution in [0, 0.1) is 0 Å². The molecule has 244 valence electrons. The van der Waals surface area contributed by atoms with E-state index in [0.717, 1.165) is 28.6 Å². The molecule has 0 radical (unpaired) electrons. The van der Waals surface area contributed by atoms with Gasteiger partial charge in [-0.15, -0.1) is 0 Å². The minimum atomic E-state index is -1.42. The number of H-pyrrole nitrogens is 1. The lowest BCUT2D eigenvalue weighted by molar-refractivity contribution is -0.147. The van der Waals surface area contributed by atoms with Crippen molar-refractivity contribution in [3.63, 3.8) is 0 Å². The van der Waals surface area contributed by atoms with E-state index in [1.54, 1.807) is 49.6 Å². The summed E-state index contributed by atoms with van der Waals surface area (Å²) in [4.78, 5) is 24.5. The first kappa shape index (κ1) is 34.8. The number of esters is 1. The highest BCUT2D eigenvalue weighted by Gasteiger charge is 2.38. The number of amides is 1. The van der Waals surface area contributed by atoms with Gasteiger partial charge in [0.1, 0.15) is 29.1 Å². The lowest BCUT2D eigenvalue weighted by Gasteiger charge is -2.13. The van der Waals surface area contributed by atoms with Gasteiger partial charge < -0.3 is 55.5 Å². The maximum Gasteiger partial charge on any atom is 0.377 e. The fraction of sp³-hybridized carbons (Fsp3) is 0.212. The van der Waals surface area contributed by atoms with E-state index in [9.17, 15) is 19.8 Å². The van der Waals surface area contributed by atoms with E-state index in [0.29, 0.717) is 12.1 Å². The summed E-state index contributed by atoms with van der Waals surface area (Å²) < 4.78 is 9.52. The number of phenols is 3. The van der Waals surface area contributed by atoms with E-state index in [-0.39, 0.29) is 23.2 Å². The Labute approximate surface area is 263 Å². The van der Waals surface area contributed by atoms with E-state index >= 15 is 0 Å². The van der Waals surface area contributed by atoms with Crippen LogP contribution in [-0.4, -0.2) is 85.1 Å². The number of carbonyl (C=O) groups excluding carboxylic acids is 2. The summed E-state index contributed by atoms with van der Waals surface area (Å²) in [5, 5.41) is 66.7. The number of rotatable bonds is 8. The number of cyclic esters (lactones) is 1. The first-order valence-corrected chi connectivity index (χ1v) is 13.9. The molecule has 1 aliphatic rings. The Kier molecular flexibility index (Phi) is 12.4. The molecule has 1 amide bonds. The van der Waals surface area contributed by atoms with Gasteiger partial charge in [-0.05, 0) is 65.6 Å². The molecule has 0 saturated carbocycles. The predicted octanol–water partition coefficient (Wildman–Crippen LogP) is 3.42. The summed E-state index contributed by atoms with van der Waals surface area (Å²) in [5.41, 5.74) is 3.90. The van der Waals surface area contributed by atoms with E-state index in [2.05, 4.69) is 15.0 Å². The molecule has 46 heavy (non-hydrogen) atoms. The highest BCUT2D eigenvalue weighted by atomic mass is 16.6. The number of nitrogens with one attached hydrogen (secondary N) is 2. The molecule has 2 heterocycles. The Morgan fingerprint density at radius 1 is 0.957 bits per heavy atom. The molecule has 9 N–H and O–H groups in total. The van der Waals surface area contributed by atoms with Crippen LogP contribution in [0.4, 0.5) is 0 Å². The minimum absolute atomic E-state index is 0.00224. The van der Waals surface area contributed by atoms with Gasteiger partial charge in [0.2, 0.25) is 11.7 Å². The molecule has 0 fully saturated rings. The Morgan fingerprint density at radius 3 is 2.17 bits per heavy atom. The molecule has 0 spiro atoms. The second-order valence-corrected chi connectivity index (χ2v) is 9.98. The number of hydrogen-bond acceptors (Lipinski definition) is 11. The average Bonchev–Trinajstić information content (AvgIpc) is 3.55. The van der Waals surface area contributed by atoms with Gasteiger partial charge in [-0.25, -0.2) is 4.79 Å². The van der Waals surface area contributed by atoms with Gasteiger partial charge in [-0.1, -0.05) is 24.3 Å². The van der Waals surface area contributed by atoms with Crippen molar-refractivity contribution in [2.24, 2.45) is 0 Å². The molecule has 3 aromatic carbocycles. The molecule has 5 rings (SSSR count). The molecule has 0 saturated heterocycles. The van der Waals surface area contributed by atoms with Crippen LogP contribution in [0.1, 0.15) is 23.6 Å². The molecule has 13 heteroatoms. The molecule has 0 bridgehead atoms. The van der Waals surface area contributed by atoms with Crippen molar-refractivity contribution in [1.29, 1.82) is 0 Å². The summed E-state index contributed by atoms with van der Waals surface area (Å²) in [5.74, 6) is -1.66. The van der Waals surface area contributed by atoms with Gasteiger partial charge in [-0.2, -0.15) is 0 Å². The standard InChI is InChI=1S/C14H12O3.C13H16N2O2.C6H8O6/c15-12-5-3-10(4-6-12)1-2-11-7-13(16)9-14(17)8-11;1-9(16)14-6-5-10-8-15-13-4-3-11(17-2)7-12(10)13;7-1-2(8)5-3(9)4(10)6(11)12-5/h1-9,15-17H;3-4,7-8,15H,5-6H2,1-2H3,(H,14,16);2,5,7-10H,1H2/b2-1+;;/t;;2-,5+/m..0/s1. The molecule has 0 unspecified atom stereocenters. The maximum absolute atomic E-state index is 10.8. The molecular weight excluding hydrogens is 600 g/mol. The summed E-state index contributed by atoms with van der Waals surface area (Å²) >= 11 is 0. The van der Waals surface area contributed by atoms with Gasteiger partial charge in [0.15, 0.2) is 11.9 Å². The summed E-state index contributed by atoms with van der Waals surface area (Å²) in [6, 6.07) is 17.1. The summed E-state index contributed by atoms with van der Waals surface area (Å²) in [7, 11) is 1.66. The smallest absolute Gasteiger partial charge is 0.377 e. The highest BCUT2D eigenvalue weighted by Crippen LogP contribution is 2.24. The third kappa shape index (κ3) is 9.94. The molecule has 2 atom stereocenters. The molecule has 1 aliphatic heterocycles. The number of carbonyl (C=O) groups is 2. The van der Waals surface area contributed by atoms with Crippen LogP contribution in [0.25, 0.3) is 23.1 Å². The third-order valence-corrected chi connectivity index (χ3v) is 6.51. The van der Waals surface area contributed by atoms with Crippen LogP contribution >= 0.6 is 0 Å². The van der Waals surface area contributed by atoms with Crippen molar-refractivity contribution >= 4 is 34.9 Å². The lowest BCUT2D eigenvalue weighted by atomic mass is 10.1. The molecule has 13 nitrogen and oxygen atoms in total. The number of aromatic nitrogens is 1. The number of fused-ring (bicyclic) bond motifs is 1. The van der Waals surface area contributed by atoms with Crippen molar-refractivity contribution in [3.05, 3.63) is 95.1 Å². The van der Waals surface area contributed by atoms with Gasteiger partial charge >= 0.3 is 5.97 Å². The maximum atomic E-state index is 10.8. The van der Waals surface area contributed by atoms with Crippen molar-refractivity contribution in [2.75, 3.05) is 20.3 Å². The van der Waals surface area contributed by atoms with Crippen LogP contribution in [0.5, 0.6) is 23.0 Å². The van der Waals surface area contributed by atoms with Crippen molar-refractivity contribution < 1.29 is 54.8 Å². The first-order valence-electron chi connectivity index (χ1n) is 13.9. The van der Waals surface area contributed by atoms with Gasteiger partial charge in [-0.3, -0.25) is 4.79 Å². The van der Waals surface area contributed by atoms with Crippen LogP contribution in [-0.2, 0) is 20.7 Å². The second kappa shape index (κ2) is 16.4. The Balaban J connectivity index is 0.000000191. The first-order chi connectivity index (χ1) is 21.9. The lowest BCUT2D eigenvalue weighted by Crippen LogP contribution is -2.31. The van der Waals surface area contributed by atoms with E-state index < -0.39 is 36.3 Å². The zero-order valence-electron chi connectivity index (χ0n) is 25.0. The summed E-state index contributed by atoms with van der Waals surface area (Å²) in [6.45, 7) is 1.51. The zero-order chi connectivity index (χ0) is 33.8. The van der Waals surface area contributed by atoms with E-state index in [1.807, 2.05) is 30.5 Å². The number of aromatic hydroxyl groups is 3. The van der Waals surface area contributed by atoms with Gasteiger partial charge in [0.25, 0.3) is 0 Å².